The molecule has 0 saturated heterocycles. The summed E-state index contributed by atoms with van der Waals surface area (Å²) in [5, 5.41) is 3.32. The molecule has 0 radical (unpaired) electrons. The van der Waals surface area contributed by atoms with Crippen LogP contribution in [0.3, 0.4) is 0 Å². The van der Waals surface area contributed by atoms with E-state index < -0.39 is 0 Å². The van der Waals surface area contributed by atoms with Crippen molar-refractivity contribution in [2.24, 2.45) is 0 Å². The van der Waals surface area contributed by atoms with Crippen LogP contribution in [0.15, 0.2) is 29.0 Å². The number of halogens is 3. The zero-order chi connectivity index (χ0) is 13.1. The summed E-state index contributed by atoms with van der Waals surface area (Å²) in [4.78, 5) is 8.00. The molecule has 2 aromatic rings. The van der Waals surface area contributed by atoms with E-state index in [1.54, 1.807) is 12.1 Å². The number of anilines is 2. The largest absolute Gasteiger partial charge is 0.337 e. The fourth-order valence-corrected chi connectivity index (χ4v) is 2.26. The van der Waals surface area contributed by atoms with Crippen LogP contribution in [0.4, 0.5) is 15.9 Å². The predicted molar refractivity (Wildman–Crippen MR) is 73.8 cm³/mol. The first-order valence-electron chi connectivity index (χ1n) is 5.34. The van der Waals surface area contributed by atoms with Crippen LogP contribution in [0.25, 0.3) is 0 Å². The second-order valence-corrected chi connectivity index (χ2v) is 4.78. The summed E-state index contributed by atoms with van der Waals surface area (Å²) in [6, 6.07) is 4.75. The first-order chi connectivity index (χ1) is 8.63. The van der Waals surface area contributed by atoms with Crippen LogP contribution in [0.2, 0.25) is 5.15 Å². The van der Waals surface area contributed by atoms with Crippen LogP contribution in [-0.4, -0.2) is 9.97 Å². The summed E-state index contributed by atoms with van der Waals surface area (Å²) in [7, 11) is 0. The van der Waals surface area contributed by atoms with Crippen LogP contribution >= 0.6 is 27.5 Å². The molecule has 0 saturated carbocycles. The lowest BCUT2D eigenvalue weighted by Gasteiger charge is -2.12. The van der Waals surface area contributed by atoms with Crippen molar-refractivity contribution in [3.63, 3.8) is 0 Å². The van der Waals surface area contributed by atoms with E-state index in [2.05, 4.69) is 31.2 Å². The van der Waals surface area contributed by atoms with Gasteiger partial charge in [-0.05, 0) is 34.5 Å². The number of nitrogens with zero attached hydrogens (tertiary/aromatic N) is 2. The maximum absolute atomic E-state index is 13.7. The Balaban J connectivity index is 2.43. The molecule has 3 nitrogen and oxygen atoms in total. The van der Waals surface area contributed by atoms with E-state index in [1.165, 1.54) is 12.4 Å². The molecule has 0 fully saturated rings. The quantitative estimate of drug-likeness (QED) is 0.851. The van der Waals surface area contributed by atoms with Gasteiger partial charge in [0.05, 0.1) is 5.69 Å². The first-order valence-corrected chi connectivity index (χ1v) is 6.51. The Hall–Kier alpha value is -1.20. The zero-order valence-electron chi connectivity index (χ0n) is 9.54. The second kappa shape index (κ2) is 5.63. The third kappa shape index (κ3) is 2.62. The average Bonchev–Trinajstić information content (AvgIpc) is 2.34. The van der Waals surface area contributed by atoms with Crippen LogP contribution in [0.5, 0.6) is 0 Å². The van der Waals surface area contributed by atoms with Gasteiger partial charge in [0.15, 0.2) is 0 Å². The number of nitrogens with one attached hydrogen (secondary N) is 1. The van der Waals surface area contributed by atoms with Crippen molar-refractivity contribution in [1.82, 2.24) is 9.97 Å². The maximum atomic E-state index is 13.7. The smallest absolute Gasteiger partial charge is 0.147 e. The highest BCUT2D eigenvalue weighted by Crippen LogP contribution is 2.30. The molecule has 0 spiro atoms. The Labute approximate surface area is 118 Å². The number of benzene rings is 1. The number of para-hydroxylation sites is 1. The molecule has 0 atom stereocenters. The first kappa shape index (κ1) is 13.2. The molecule has 0 aliphatic carbocycles. The van der Waals surface area contributed by atoms with E-state index in [-0.39, 0.29) is 5.82 Å². The lowest BCUT2D eigenvalue weighted by atomic mass is 10.2. The van der Waals surface area contributed by atoms with Gasteiger partial charge in [-0.25, -0.2) is 14.4 Å². The number of aromatic nitrogens is 2. The maximum Gasteiger partial charge on any atom is 0.147 e. The highest BCUT2D eigenvalue weighted by Gasteiger charge is 2.12. The summed E-state index contributed by atoms with van der Waals surface area (Å²) >= 11 is 9.27. The average molecular weight is 331 g/mol. The monoisotopic (exact) mass is 329 g/mol. The van der Waals surface area contributed by atoms with Crippen molar-refractivity contribution in [3.05, 3.63) is 45.5 Å². The van der Waals surface area contributed by atoms with Crippen molar-refractivity contribution in [1.29, 1.82) is 0 Å². The van der Waals surface area contributed by atoms with E-state index in [9.17, 15) is 4.39 Å². The molecule has 94 valence electrons. The molecule has 18 heavy (non-hydrogen) atoms. The molecule has 2 rings (SSSR count). The number of rotatable bonds is 3. The topological polar surface area (TPSA) is 37.8 Å². The summed E-state index contributed by atoms with van der Waals surface area (Å²) in [5.41, 5.74) is 1.09. The van der Waals surface area contributed by atoms with E-state index in [1.807, 2.05) is 6.92 Å². The summed E-state index contributed by atoms with van der Waals surface area (Å²) in [6.07, 6.45) is 2.01. The summed E-state index contributed by atoms with van der Waals surface area (Å²) < 4.78 is 14.3. The molecule has 0 amide bonds. The van der Waals surface area contributed by atoms with Gasteiger partial charge in [-0.2, -0.15) is 0 Å². The molecular formula is C12H10BrClFN3. The predicted octanol–water partition coefficient (Wildman–Crippen LogP) is 4.34. The molecular weight excluding hydrogens is 321 g/mol. The fraction of sp³-hybridized carbons (Fsp3) is 0.167. The van der Waals surface area contributed by atoms with E-state index in [4.69, 9.17) is 11.6 Å². The molecule has 0 bridgehead atoms. The van der Waals surface area contributed by atoms with Crippen molar-refractivity contribution in [2.45, 2.75) is 13.3 Å². The Bertz CT molecular complexity index is 557. The Morgan fingerprint density at radius 2 is 2.17 bits per heavy atom. The lowest BCUT2D eigenvalue weighted by Crippen LogP contribution is -2.02. The highest BCUT2D eigenvalue weighted by molar-refractivity contribution is 9.10. The van der Waals surface area contributed by atoms with Gasteiger partial charge in [0.1, 0.15) is 23.1 Å². The highest BCUT2D eigenvalue weighted by atomic mass is 79.9. The van der Waals surface area contributed by atoms with Crippen molar-refractivity contribution in [3.8, 4) is 0 Å². The van der Waals surface area contributed by atoms with Gasteiger partial charge in [0.25, 0.3) is 0 Å². The van der Waals surface area contributed by atoms with E-state index >= 15 is 0 Å². The van der Waals surface area contributed by atoms with Gasteiger partial charge >= 0.3 is 0 Å². The van der Waals surface area contributed by atoms with Gasteiger partial charge in [-0.1, -0.05) is 24.6 Å². The summed E-state index contributed by atoms with van der Waals surface area (Å²) in [6.45, 7) is 1.94. The van der Waals surface area contributed by atoms with Crippen LogP contribution in [-0.2, 0) is 6.42 Å². The van der Waals surface area contributed by atoms with E-state index in [0.29, 0.717) is 27.6 Å². The minimum Gasteiger partial charge on any atom is -0.337 e. The minimum atomic E-state index is -0.360. The number of hydrogen-bond donors (Lipinski definition) is 1. The Morgan fingerprint density at radius 1 is 1.39 bits per heavy atom. The Kier molecular flexibility index (Phi) is 4.14. The van der Waals surface area contributed by atoms with Gasteiger partial charge in [0, 0.05) is 10.0 Å². The van der Waals surface area contributed by atoms with Crippen molar-refractivity contribution < 1.29 is 4.39 Å². The van der Waals surface area contributed by atoms with Gasteiger partial charge in [0.2, 0.25) is 0 Å². The molecule has 0 unspecified atom stereocenters. The molecule has 1 aromatic carbocycles. The molecule has 6 heteroatoms. The third-order valence-electron chi connectivity index (χ3n) is 2.45. The minimum absolute atomic E-state index is 0.335. The summed E-state index contributed by atoms with van der Waals surface area (Å²) in [5.74, 6) is 0.157. The lowest BCUT2D eigenvalue weighted by molar-refractivity contribution is 0.631. The van der Waals surface area contributed by atoms with Gasteiger partial charge < -0.3 is 5.32 Å². The molecule has 1 N–H and O–H groups in total. The fourth-order valence-electron chi connectivity index (χ4n) is 1.55. The van der Waals surface area contributed by atoms with Gasteiger partial charge in [-0.15, -0.1) is 0 Å². The van der Waals surface area contributed by atoms with Crippen LogP contribution in [0, 0.1) is 5.82 Å². The zero-order valence-corrected chi connectivity index (χ0v) is 11.9. The molecule has 1 aromatic heterocycles. The molecule has 1 heterocycles. The van der Waals surface area contributed by atoms with E-state index in [0.717, 1.165) is 5.56 Å². The van der Waals surface area contributed by atoms with Gasteiger partial charge in [-0.3, -0.25) is 0 Å². The third-order valence-corrected chi connectivity index (χ3v) is 3.44. The second-order valence-electron chi connectivity index (χ2n) is 3.57. The number of hydrogen-bond acceptors (Lipinski definition) is 3. The SMILES string of the molecule is CCc1c(Cl)ncnc1Nc1c(F)cccc1Br. The molecule has 0 aliphatic heterocycles. The normalized spacial score (nSPS) is 10.4. The van der Waals surface area contributed by atoms with Crippen LogP contribution in [0.1, 0.15) is 12.5 Å². The van der Waals surface area contributed by atoms with Crippen molar-refractivity contribution in [2.75, 3.05) is 5.32 Å². The van der Waals surface area contributed by atoms with Crippen LogP contribution < -0.4 is 5.32 Å². The molecule has 0 aliphatic rings. The van der Waals surface area contributed by atoms with Crippen molar-refractivity contribution >= 4 is 39.0 Å². The standard InChI is InChI=1S/C12H10BrClFN3/c1-2-7-11(14)16-6-17-12(7)18-10-8(13)4-3-5-9(10)15/h3-6H,2H2,1H3,(H,16,17,18). The Morgan fingerprint density at radius 3 is 2.83 bits per heavy atom.